The molecule has 0 aliphatic carbocycles. The number of aromatic nitrogens is 1. The standard InChI is InChI=1S/C14H19N3OS/c1-11(19-2)7-9-16-14(18)13-6-5-12(10-17-13)4-3-8-15/h5-6,10-11H,7-9,15H2,1-2H3,(H,16,18). The SMILES string of the molecule is CSC(C)CCNC(=O)c1ccc(C#CCN)cn1. The number of thioether (sulfide) groups is 1. The highest BCUT2D eigenvalue weighted by atomic mass is 32.2. The van der Waals surface area contributed by atoms with Crippen LogP contribution in [0.4, 0.5) is 0 Å². The Morgan fingerprint density at radius 1 is 1.58 bits per heavy atom. The Morgan fingerprint density at radius 2 is 2.37 bits per heavy atom. The first kappa shape index (κ1) is 15.5. The predicted octanol–water partition coefficient (Wildman–Crippen LogP) is 1.26. The lowest BCUT2D eigenvalue weighted by Gasteiger charge is -2.08. The number of hydrogen-bond acceptors (Lipinski definition) is 4. The minimum Gasteiger partial charge on any atom is -0.351 e. The quantitative estimate of drug-likeness (QED) is 0.795. The van der Waals surface area contributed by atoms with E-state index in [0.717, 1.165) is 12.0 Å². The number of nitrogens with one attached hydrogen (secondary N) is 1. The largest absolute Gasteiger partial charge is 0.351 e. The van der Waals surface area contributed by atoms with Crippen molar-refractivity contribution in [3.05, 3.63) is 29.6 Å². The topological polar surface area (TPSA) is 68.0 Å². The molecule has 0 saturated carbocycles. The fourth-order valence-electron chi connectivity index (χ4n) is 1.35. The number of carbonyl (C=O) groups excluding carboxylic acids is 1. The molecule has 0 spiro atoms. The molecule has 0 aromatic carbocycles. The first-order valence-electron chi connectivity index (χ1n) is 6.13. The summed E-state index contributed by atoms with van der Waals surface area (Å²) >= 11 is 1.79. The molecule has 3 N–H and O–H groups in total. The van der Waals surface area contributed by atoms with E-state index in [2.05, 4.69) is 35.3 Å². The number of nitrogens with two attached hydrogens (primary N) is 1. The molecular formula is C14H19N3OS. The van der Waals surface area contributed by atoms with Crippen molar-refractivity contribution < 1.29 is 4.79 Å². The summed E-state index contributed by atoms with van der Waals surface area (Å²) in [7, 11) is 0. The number of carbonyl (C=O) groups is 1. The molecule has 1 unspecified atom stereocenters. The number of hydrogen-bond donors (Lipinski definition) is 2. The van der Waals surface area contributed by atoms with Crippen LogP contribution in [0.2, 0.25) is 0 Å². The molecule has 0 bridgehead atoms. The van der Waals surface area contributed by atoms with Crippen LogP contribution < -0.4 is 11.1 Å². The average molecular weight is 277 g/mol. The zero-order valence-corrected chi connectivity index (χ0v) is 12.1. The van der Waals surface area contributed by atoms with Crippen LogP contribution in [-0.2, 0) is 0 Å². The third kappa shape index (κ3) is 5.77. The average Bonchev–Trinajstić information content (AvgIpc) is 2.45. The summed E-state index contributed by atoms with van der Waals surface area (Å²) < 4.78 is 0. The minimum atomic E-state index is -0.147. The van der Waals surface area contributed by atoms with Crippen LogP contribution >= 0.6 is 11.8 Å². The molecule has 1 aromatic heterocycles. The second-order valence-electron chi connectivity index (χ2n) is 4.03. The minimum absolute atomic E-state index is 0.147. The van der Waals surface area contributed by atoms with E-state index in [1.165, 1.54) is 0 Å². The van der Waals surface area contributed by atoms with Gasteiger partial charge in [0.15, 0.2) is 0 Å². The molecule has 102 valence electrons. The van der Waals surface area contributed by atoms with E-state index >= 15 is 0 Å². The summed E-state index contributed by atoms with van der Waals surface area (Å²) in [5.41, 5.74) is 6.46. The van der Waals surface area contributed by atoms with E-state index < -0.39 is 0 Å². The van der Waals surface area contributed by atoms with Crippen LogP contribution in [0.3, 0.4) is 0 Å². The summed E-state index contributed by atoms with van der Waals surface area (Å²) in [6, 6.07) is 3.45. The van der Waals surface area contributed by atoms with Gasteiger partial charge in [0.05, 0.1) is 6.54 Å². The molecule has 5 heteroatoms. The van der Waals surface area contributed by atoms with Gasteiger partial charge in [-0.15, -0.1) is 0 Å². The highest BCUT2D eigenvalue weighted by Gasteiger charge is 2.07. The van der Waals surface area contributed by atoms with Gasteiger partial charge in [0, 0.05) is 23.6 Å². The van der Waals surface area contributed by atoms with E-state index in [1.54, 1.807) is 30.1 Å². The van der Waals surface area contributed by atoms with Gasteiger partial charge in [-0.3, -0.25) is 4.79 Å². The Labute approximate surface area is 118 Å². The Balaban J connectivity index is 2.49. The van der Waals surface area contributed by atoms with Gasteiger partial charge >= 0.3 is 0 Å². The molecule has 1 rings (SSSR count). The molecule has 1 amide bonds. The molecule has 19 heavy (non-hydrogen) atoms. The Kier molecular flexibility index (Phi) is 7.01. The Morgan fingerprint density at radius 3 is 2.95 bits per heavy atom. The van der Waals surface area contributed by atoms with Crippen molar-refractivity contribution in [3.8, 4) is 11.8 Å². The molecule has 0 radical (unpaired) electrons. The summed E-state index contributed by atoms with van der Waals surface area (Å²) in [5.74, 6) is 5.46. The maximum absolute atomic E-state index is 11.8. The lowest BCUT2D eigenvalue weighted by molar-refractivity contribution is 0.0948. The van der Waals surface area contributed by atoms with Gasteiger partial charge in [-0.05, 0) is 24.8 Å². The van der Waals surface area contributed by atoms with Gasteiger partial charge in [-0.1, -0.05) is 18.8 Å². The van der Waals surface area contributed by atoms with E-state index in [9.17, 15) is 4.79 Å². The molecule has 0 fully saturated rings. The van der Waals surface area contributed by atoms with Crippen LogP contribution in [0, 0.1) is 11.8 Å². The van der Waals surface area contributed by atoms with Crippen molar-refractivity contribution in [1.29, 1.82) is 0 Å². The van der Waals surface area contributed by atoms with Crippen molar-refractivity contribution in [2.45, 2.75) is 18.6 Å². The van der Waals surface area contributed by atoms with Gasteiger partial charge in [0.2, 0.25) is 0 Å². The fraction of sp³-hybridized carbons (Fsp3) is 0.429. The first-order valence-corrected chi connectivity index (χ1v) is 7.42. The maximum atomic E-state index is 11.8. The summed E-state index contributed by atoms with van der Waals surface area (Å²) in [4.78, 5) is 15.9. The van der Waals surface area contributed by atoms with Gasteiger partial charge in [0.1, 0.15) is 5.69 Å². The molecule has 0 aliphatic rings. The van der Waals surface area contributed by atoms with E-state index in [1.807, 2.05) is 0 Å². The van der Waals surface area contributed by atoms with Crippen LogP contribution in [-0.4, -0.2) is 35.5 Å². The summed E-state index contributed by atoms with van der Waals surface area (Å²) in [6.07, 6.45) is 4.60. The zero-order valence-electron chi connectivity index (χ0n) is 11.3. The van der Waals surface area contributed by atoms with Crippen molar-refractivity contribution in [1.82, 2.24) is 10.3 Å². The number of amides is 1. The van der Waals surface area contributed by atoms with Gasteiger partial charge in [0.25, 0.3) is 5.91 Å². The first-order chi connectivity index (χ1) is 9.17. The van der Waals surface area contributed by atoms with Crippen molar-refractivity contribution in [3.63, 3.8) is 0 Å². The normalized spacial score (nSPS) is 11.3. The molecular weight excluding hydrogens is 258 g/mol. The maximum Gasteiger partial charge on any atom is 0.269 e. The second-order valence-corrected chi connectivity index (χ2v) is 5.31. The van der Waals surface area contributed by atoms with Gasteiger partial charge in [-0.25, -0.2) is 4.98 Å². The number of pyridine rings is 1. The number of rotatable bonds is 5. The third-order valence-corrected chi connectivity index (χ3v) is 3.61. The lowest BCUT2D eigenvalue weighted by Crippen LogP contribution is -2.26. The number of nitrogens with zero attached hydrogens (tertiary/aromatic N) is 1. The smallest absolute Gasteiger partial charge is 0.269 e. The Hall–Kier alpha value is -1.51. The summed E-state index contributed by atoms with van der Waals surface area (Å²) in [6.45, 7) is 3.12. The molecule has 1 heterocycles. The lowest BCUT2D eigenvalue weighted by atomic mass is 10.2. The van der Waals surface area contributed by atoms with Crippen LogP contribution in [0.1, 0.15) is 29.4 Å². The highest BCUT2D eigenvalue weighted by Crippen LogP contribution is 2.08. The van der Waals surface area contributed by atoms with Gasteiger partial charge < -0.3 is 11.1 Å². The predicted molar refractivity (Wildman–Crippen MR) is 80.1 cm³/mol. The third-order valence-electron chi connectivity index (χ3n) is 2.57. The van der Waals surface area contributed by atoms with E-state index in [0.29, 0.717) is 24.0 Å². The molecule has 4 nitrogen and oxygen atoms in total. The molecule has 1 aromatic rings. The monoisotopic (exact) mass is 277 g/mol. The van der Waals surface area contributed by atoms with Crippen LogP contribution in [0.5, 0.6) is 0 Å². The van der Waals surface area contributed by atoms with Gasteiger partial charge in [-0.2, -0.15) is 11.8 Å². The molecule has 1 atom stereocenters. The fourth-order valence-corrected chi connectivity index (χ4v) is 1.71. The zero-order chi connectivity index (χ0) is 14.1. The van der Waals surface area contributed by atoms with Crippen LogP contribution in [0.15, 0.2) is 18.3 Å². The van der Waals surface area contributed by atoms with E-state index in [4.69, 9.17) is 5.73 Å². The highest BCUT2D eigenvalue weighted by molar-refractivity contribution is 7.99. The van der Waals surface area contributed by atoms with Crippen molar-refractivity contribution in [2.24, 2.45) is 5.73 Å². The molecule has 0 saturated heterocycles. The van der Waals surface area contributed by atoms with E-state index in [-0.39, 0.29) is 5.91 Å². The van der Waals surface area contributed by atoms with Crippen molar-refractivity contribution in [2.75, 3.05) is 19.3 Å². The second kappa shape index (κ2) is 8.57. The van der Waals surface area contributed by atoms with Crippen LogP contribution in [0.25, 0.3) is 0 Å². The summed E-state index contributed by atoms with van der Waals surface area (Å²) in [5, 5.41) is 3.40. The Bertz CT molecular complexity index is 462. The molecule has 0 aliphatic heterocycles. The van der Waals surface area contributed by atoms with Crippen molar-refractivity contribution >= 4 is 17.7 Å².